The second-order valence-electron chi connectivity index (χ2n) is 4.10. The molecule has 1 heterocycles. The van der Waals surface area contributed by atoms with Crippen LogP contribution >= 0.6 is 39.0 Å². The highest BCUT2D eigenvalue weighted by atomic mass is 79.9. The highest BCUT2D eigenvalue weighted by molar-refractivity contribution is 9.10. The summed E-state index contributed by atoms with van der Waals surface area (Å²) in [4.78, 5) is 28.6. The second kappa shape index (κ2) is 8.30. The van der Waals surface area contributed by atoms with Crippen LogP contribution in [0.1, 0.15) is 16.1 Å². The summed E-state index contributed by atoms with van der Waals surface area (Å²) in [6.45, 7) is 0. The van der Waals surface area contributed by atoms with E-state index in [0.717, 1.165) is 20.7 Å². The van der Waals surface area contributed by atoms with Crippen LogP contribution in [0.5, 0.6) is 0 Å². The maximum atomic E-state index is 11.9. The summed E-state index contributed by atoms with van der Waals surface area (Å²) in [5.74, 6) is 0.0664. The van der Waals surface area contributed by atoms with E-state index in [1.807, 2.05) is 24.3 Å². The van der Waals surface area contributed by atoms with Crippen molar-refractivity contribution in [3.8, 4) is 0 Å². The predicted molar refractivity (Wildman–Crippen MR) is 91.6 cm³/mol. The van der Waals surface area contributed by atoms with Crippen LogP contribution in [0, 0.1) is 0 Å². The molecule has 2 rings (SSSR count). The Labute approximate surface area is 144 Å². The van der Waals surface area contributed by atoms with Gasteiger partial charge in [-0.2, -0.15) is 0 Å². The van der Waals surface area contributed by atoms with Crippen LogP contribution < -0.4 is 5.32 Å². The number of rotatable bonds is 6. The molecule has 1 aromatic carbocycles. The molecule has 0 radical (unpaired) electrons. The monoisotopic (exact) mass is 400 g/mol. The van der Waals surface area contributed by atoms with Gasteiger partial charge in [0.2, 0.25) is 5.91 Å². The lowest BCUT2D eigenvalue weighted by atomic mass is 10.4. The molecule has 5 nitrogen and oxygen atoms in total. The number of halogens is 1. The van der Waals surface area contributed by atoms with Crippen molar-refractivity contribution in [1.82, 2.24) is 4.98 Å². The van der Waals surface area contributed by atoms with Crippen molar-refractivity contribution in [2.75, 3.05) is 18.2 Å². The maximum absolute atomic E-state index is 11.9. The molecule has 0 spiro atoms. The van der Waals surface area contributed by atoms with E-state index in [4.69, 9.17) is 0 Å². The lowest BCUT2D eigenvalue weighted by molar-refractivity contribution is -0.115. The molecule has 8 heteroatoms. The Morgan fingerprint density at radius 1 is 1.41 bits per heavy atom. The molecule has 1 N–H and O–H groups in total. The molecule has 1 aromatic heterocycles. The highest BCUT2D eigenvalue weighted by Crippen LogP contribution is 2.27. The molecule has 0 bridgehead atoms. The Bertz CT molecular complexity index is 676. The second-order valence-corrected chi connectivity index (χ2v) is 7.12. The quantitative estimate of drug-likeness (QED) is 0.589. The molecule has 2 aromatic rings. The van der Waals surface area contributed by atoms with Gasteiger partial charge in [0.1, 0.15) is 4.88 Å². The highest BCUT2D eigenvalue weighted by Gasteiger charge is 2.12. The zero-order valence-corrected chi connectivity index (χ0v) is 14.9. The molecule has 1 amide bonds. The van der Waals surface area contributed by atoms with Crippen LogP contribution in [0.4, 0.5) is 5.13 Å². The summed E-state index contributed by atoms with van der Waals surface area (Å²) in [6.07, 6.45) is 1.75. The van der Waals surface area contributed by atoms with Crippen LogP contribution in [0.25, 0.3) is 0 Å². The number of benzene rings is 1. The average molecular weight is 401 g/mol. The van der Waals surface area contributed by atoms with Gasteiger partial charge < -0.3 is 10.1 Å². The van der Waals surface area contributed by atoms with Gasteiger partial charge in [-0.05, 0) is 28.1 Å². The number of amides is 1. The summed E-state index contributed by atoms with van der Waals surface area (Å²) in [5, 5.41) is 3.08. The molecule has 0 fully saturated rings. The molecule has 0 saturated heterocycles. The topological polar surface area (TPSA) is 68.3 Å². The van der Waals surface area contributed by atoms with Gasteiger partial charge in [-0.3, -0.25) is 4.79 Å². The molecule has 0 aliphatic rings. The minimum atomic E-state index is -0.456. The first kappa shape index (κ1) is 17.0. The third-order valence-corrected chi connectivity index (χ3v) is 5.48. The van der Waals surface area contributed by atoms with Crippen LogP contribution in [-0.2, 0) is 9.53 Å². The number of thiazole rings is 1. The Morgan fingerprint density at radius 3 is 2.91 bits per heavy atom. The van der Waals surface area contributed by atoms with Crippen molar-refractivity contribution in [2.24, 2.45) is 0 Å². The zero-order chi connectivity index (χ0) is 15.9. The van der Waals surface area contributed by atoms with E-state index in [2.05, 4.69) is 31.0 Å². The van der Waals surface area contributed by atoms with E-state index < -0.39 is 5.97 Å². The van der Waals surface area contributed by atoms with Crippen LogP contribution in [0.2, 0.25) is 0 Å². The molecular weight excluding hydrogens is 388 g/mol. The fourth-order valence-electron chi connectivity index (χ4n) is 1.52. The van der Waals surface area contributed by atoms with E-state index in [9.17, 15) is 9.59 Å². The SMILES string of the molecule is COC(=O)c1cnc(NC(=O)CCSc2ccccc2Br)s1. The normalized spacial score (nSPS) is 10.3. The number of carbonyl (C=O) groups excluding carboxylic acids is 2. The van der Waals surface area contributed by atoms with Crippen molar-refractivity contribution in [3.63, 3.8) is 0 Å². The zero-order valence-electron chi connectivity index (χ0n) is 11.7. The number of aromatic nitrogens is 1. The molecule has 0 aliphatic carbocycles. The Kier molecular flexibility index (Phi) is 6.41. The lowest BCUT2D eigenvalue weighted by Crippen LogP contribution is -2.11. The van der Waals surface area contributed by atoms with Crippen molar-refractivity contribution in [2.45, 2.75) is 11.3 Å². The molecule has 0 saturated carbocycles. The standard InChI is InChI=1S/C14H13BrN2O3S2/c1-20-13(19)11-8-16-14(22-11)17-12(18)6-7-21-10-5-3-2-4-9(10)15/h2-5,8H,6-7H2,1H3,(H,16,17,18). The minimum Gasteiger partial charge on any atom is -0.465 e. The van der Waals surface area contributed by atoms with Gasteiger partial charge in [0.05, 0.1) is 13.3 Å². The smallest absolute Gasteiger partial charge is 0.349 e. The van der Waals surface area contributed by atoms with Crippen molar-refractivity contribution < 1.29 is 14.3 Å². The van der Waals surface area contributed by atoms with E-state index in [1.54, 1.807) is 11.8 Å². The molecule has 0 aliphatic heterocycles. The first-order valence-corrected chi connectivity index (χ1v) is 8.91. The number of methoxy groups -OCH3 is 1. The van der Waals surface area contributed by atoms with Crippen LogP contribution in [0.15, 0.2) is 39.8 Å². The van der Waals surface area contributed by atoms with E-state index in [-0.39, 0.29) is 5.91 Å². The number of hydrogen-bond acceptors (Lipinski definition) is 6. The molecular formula is C14H13BrN2O3S2. The lowest BCUT2D eigenvalue weighted by Gasteiger charge is -2.04. The van der Waals surface area contributed by atoms with Crippen molar-refractivity contribution in [1.29, 1.82) is 0 Å². The van der Waals surface area contributed by atoms with Crippen LogP contribution in [-0.4, -0.2) is 29.7 Å². The van der Waals surface area contributed by atoms with Gasteiger partial charge >= 0.3 is 5.97 Å². The largest absolute Gasteiger partial charge is 0.465 e. The summed E-state index contributed by atoms with van der Waals surface area (Å²) < 4.78 is 5.61. The van der Waals surface area contributed by atoms with Gasteiger partial charge in [0, 0.05) is 21.5 Å². The third-order valence-electron chi connectivity index (χ3n) is 2.56. The molecule has 116 valence electrons. The fourth-order valence-corrected chi connectivity index (χ4v) is 3.79. The van der Waals surface area contributed by atoms with Gasteiger partial charge in [-0.15, -0.1) is 11.8 Å². The van der Waals surface area contributed by atoms with Gasteiger partial charge in [-0.25, -0.2) is 9.78 Å². The van der Waals surface area contributed by atoms with Crippen LogP contribution in [0.3, 0.4) is 0 Å². The Morgan fingerprint density at radius 2 is 2.18 bits per heavy atom. The summed E-state index contributed by atoms with van der Waals surface area (Å²) in [6, 6.07) is 7.86. The van der Waals surface area contributed by atoms with Gasteiger partial charge in [-0.1, -0.05) is 23.5 Å². The van der Waals surface area contributed by atoms with E-state index >= 15 is 0 Å². The molecule has 22 heavy (non-hydrogen) atoms. The number of anilines is 1. The number of esters is 1. The van der Waals surface area contributed by atoms with Crippen molar-refractivity contribution in [3.05, 3.63) is 39.8 Å². The predicted octanol–water partition coefficient (Wildman–Crippen LogP) is 3.81. The third kappa shape index (κ3) is 4.82. The number of thioether (sulfide) groups is 1. The van der Waals surface area contributed by atoms with E-state index in [0.29, 0.717) is 22.2 Å². The Balaban J connectivity index is 1.80. The van der Waals surface area contributed by atoms with E-state index in [1.165, 1.54) is 13.3 Å². The fraction of sp³-hybridized carbons (Fsp3) is 0.214. The molecule has 0 unspecified atom stereocenters. The molecule has 0 atom stereocenters. The average Bonchev–Trinajstić information content (AvgIpc) is 2.97. The number of nitrogens with zero attached hydrogens (tertiary/aromatic N) is 1. The number of ether oxygens (including phenoxy) is 1. The number of hydrogen-bond donors (Lipinski definition) is 1. The minimum absolute atomic E-state index is 0.134. The summed E-state index contributed by atoms with van der Waals surface area (Å²) in [7, 11) is 1.30. The Hall–Kier alpha value is -1.38. The van der Waals surface area contributed by atoms with Gasteiger partial charge in [0.25, 0.3) is 0 Å². The summed E-state index contributed by atoms with van der Waals surface area (Å²) in [5.41, 5.74) is 0. The first-order valence-electron chi connectivity index (χ1n) is 6.31. The first-order chi connectivity index (χ1) is 10.6. The number of carbonyl (C=O) groups is 2. The number of nitrogens with one attached hydrogen (secondary N) is 1. The summed E-state index contributed by atoms with van der Waals surface area (Å²) >= 11 is 6.16. The van der Waals surface area contributed by atoms with Gasteiger partial charge in [0.15, 0.2) is 5.13 Å². The van der Waals surface area contributed by atoms with Crippen molar-refractivity contribution >= 4 is 56.0 Å². The maximum Gasteiger partial charge on any atom is 0.349 e.